The van der Waals surface area contributed by atoms with Crippen molar-refractivity contribution in [3.05, 3.63) is 87.2 Å². The zero-order chi connectivity index (χ0) is 29.4. The number of ether oxygens (including phenoxy) is 1. The minimum atomic E-state index is -1.35. The Morgan fingerprint density at radius 3 is 2.21 bits per heavy atom. The summed E-state index contributed by atoms with van der Waals surface area (Å²) in [7, 11) is 1.46. The van der Waals surface area contributed by atoms with Gasteiger partial charge in [-0.3, -0.25) is 9.69 Å². The van der Waals surface area contributed by atoms with Gasteiger partial charge in [-0.1, -0.05) is 23.7 Å². The lowest BCUT2D eigenvalue weighted by Crippen LogP contribution is -2.38. The first-order valence-corrected chi connectivity index (χ1v) is 11.8. The molecule has 0 radical (unpaired) electrons. The summed E-state index contributed by atoms with van der Waals surface area (Å²) < 4.78 is 19.9. The number of carbonyl (C=O) groups is 4. The molecule has 2 aromatic carbocycles. The number of hydrogen-bond donors (Lipinski definition) is 4. The molecule has 4 N–H and O–H groups in total. The molecule has 1 atom stereocenters. The second-order valence-corrected chi connectivity index (χ2v) is 8.97. The first-order valence-electron chi connectivity index (χ1n) is 11.5. The van der Waals surface area contributed by atoms with E-state index in [2.05, 4.69) is 0 Å². The summed E-state index contributed by atoms with van der Waals surface area (Å²) in [4.78, 5) is 45.4. The van der Waals surface area contributed by atoms with Gasteiger partial charge in [-0.05, 0) is 54.8 Å². The lowest BCUT2D eigenvalue weighted by atomic mass is 9.84. The molecular formula is C27H27ClFNO9. The Hall–Kier alpha value is -4.06. The maximum Gasteiger partial charge on any atom is 0.339 e. The predicted molar refractivity (Wildman–Crippen MR) is 138 cm³/mol. The number of benzene rings is 2. The van der Waals surface area contributed by atoms with Crippen LogP contribution in [0.15, 0.2) is 54.1 Å². The fourth-order valence-corrected chi connectivity index (χ4v) is 4.12. The van der Waals surface area contributed by atoms with Gasteiger partial charge in [0, 0.05) is 30.2 Å². The van der Waals surface area contributed by atoms with Crippen molar-refractivity contribution >= 4 is 35.3 Å². The van der Waals surface area contributed by atoms with E-state index >= 15 is 0 Å². The quantitative estimate of drug-likeness (QED) is 0.201. The van der Waals surface area contributed by atoms with Crippen LogP contribution in [-0.2, 0) is 20.8 Å². The highest BCUT2D eigenvalue weighted by Gasteiger charge is 2.35. The van der Waals surface area contributed by atoms with E-state index in [-0.39, 0.29) is 35.4 Å². The first kappa shape index (κ1) is 31.2. The summed E-state index contributed by atoms with van der Waals surface area (Å²) in [6, 6.07) is 7.06. The van der Waals surface area contributed by atoms with E-state index in [1.807, 2.05) is 13.8 Å². The fraction of sp³-hybridized carbons (Fsp3) is 0.259. The van der Waals surface area contributed by atoms with E-state index in [0.717, 1.165) is 0 Å². The molecule has 1 aliphatic rings. The Bertz CT molecular complexity index is 1320. The number of carboxylic acid groups (broad SMARTS) is 3. The molecule has 0 bridgehead atoms. The van der Waals surface area contributed by atoms with Gasteiger partial charge < -0.3 is 25.2 Å². The zero-order valence-electron chi connectivity index (χ0n) is 21.2. The van der Waals surface area contributed by atoms with Gasteiger partial charge in [-0.2, -0.15) is 0 Å². The van der Waals surface area contributed by atoms with Crippen LogP contribution in [0.4, 0.5) is 4.39 Å². The number of rotatable bonds is 9. The average molecular weight is 564 g/mol. The Kier molecular flexibility index (Phi) is 10.9. The zero-order valence-corrected chi connectivity index (χ0v) is 22.0. The monoisotopic (exact) mass is 563 g/mol. The van der Waals surface area contributed by atoms with Crippen molar-refractivity contribution in [1.29, 1.82) is 0 Å². The minimum Gasteiger partial charge on any atom is -0.496 e. The molecule has 0 fully saturated rings. The number of fused-ring (bicyclic) bond motifs is 1. The summed E-state index contributed by atoms with van der Waals surface area (Å²) in [5, 5.41) is 35.0. The van der Waals surface area contributed by atoms with E-state index in [1.165, 1.54) is 25.3 Å². The molecule has 2 aromatic rings. The molecule has 10 nitrogen and oxygen atoms in total. The highest BCUT2D eigenvalue weighted by atomic mass is 35.5. The van der Waals surface area contributed by atoms with Crippen LogP contribution in [-0.4, -0.2) is 68.9 Å². The van der Waals surface area contributed by atoms with E-state index < -0.39 is 35.6 Å². The highest BCUT2D eigenvalue weighted by Crippen LogP contribution is 2.38. The van der Waals surface area contributed by atoms with Crippen LogP contribution in [0.5, 0.6) is 5.75 Å². The first-order chi connectivity index (χ1) is 18.3. The molecule has 0 aliphatic heterocycles. The van der Waals surface area contributed by atoms with Crippen molar-refractivity contribution in [2.75, 3.05) is 13.8 Å². The molecule has 0 heterocycles. The maximum atomic E-state index is 14.4. The van der Waals surface area contributed by atoms with Crippen LogP contribution >= 0.6 is 11.6 Å². The number of carbonyl (C=O) groups excluding carboxylic acids is 1. The second-order valence-electron chi connectivity index (χ2n) is 8.56. The summed E-state index contributed by atoms with van der Waals surface area (Å²) in [6.45, 7) is 3.37. The van der Waals surface area contributed by atoms with Gasteiger partial charge in [0.05, 0.1) is 24.9 Å². The summed E-state index contributed by atoms with van der Waals surface area (Å²) >= 11 is 5.88. The van der Waals surface area contributed by atoms with Gasteiger partial charge >= 0.3 is 17.9 Å². The lowest BCUT2D eigenvalue weighted by molar-refractivity contribution is -0.134. The third-order valence-electron chi connectivity index (χ3n) is 5.78. The van der Waals surface area contributed by atoms with Gasteiger partial charge in [-0.25, -0.2) is 18.8 Å². The van der Waals surface area contributed by atoms with Crippen LogP contribution in [0.3, 0.4) is 0 Å². The normalized spacial score (nSPS) is 14.5. The summed E-state index contributed by atoms with van der Waals surface area (Å²) in [5.41, 5.74) is 1.16. The van der Waals surface area contributed by atoms with Gasteiger partial charge in [0.2, 0.25) is 0 Å². The van der Waals surface area contributed by atoms with Crippen LogP contribution < -0.4 is 4.74 Å². The lowest BCUT2D eigenvalue weighted by Gasteiger charge is -2.35. The Morgan fingerprint density at radius 1 is 1.10 bits per heavy atom. The molecule has 0 amide bonds. The Balaban J connectivity index is 0.000000580. The molecular weight excluding hydrogens is 537 g/mol. The highest BCUT2D eigenvalue weighted by molar-refractivity contribution is 6.30. The van der Waals surface area contributed by atoms with Crippen LogP contribution in [0.2, 0.25) is 5.02 Å². The molecule has 3 rings (SSSR count). The van der Waals surface area contributed by atoms with Crippen molar-refractivity contribution in [2.24, 2.45) is 0 Å². The maximum absolute atomic E-state index is 14.4. The fourth-order valence-electron chi connectivity index (χ4n) is 3.93. The largest absolute Gasteiger partial charge is 0.496 e. The molecule has 0 spiro atoms. The molecule has 0 saturated carbocycles. The third kappa shape index (κ3) is 7.73. The van der Waals surface area contributed by atoms with E-state index in [9.17, 15) is 33.8 Å². The van der Waals surface area contributed by atoms with Crippen molar-refractivity contribution in [3.8, 4) is 5.75 Å². The van der Waals surface area contributed by atoms with Gasteiger partial charge in [0.1, 0.15) is 17.1 Å². The third-order valence-corrected chi connectivity index (χ3v) is 6.07. The Morgan fingerprint density at radius 2 is 1.72 bits per heavy atom. The van der Waals surface area contributed by atoms with E-state index in [0.29, 0.717) is 34.6 Å². The topological polar surface area (TPSA) is 162 Å². The molecule has 0 saturated heterocycles. The standard InChI is InChI=1S/C23H23ClFNO5.C4H4O4/c1-12(2)26(11-27)19-9-17(23(29)30)22(28)16-8-14(20(31-3)10-15(16)19)7-13-5-4-6-18(24)21(13)25;5-3(6)1-2-4(7)8/h4-6,8-10,12,19,27H,7,11H2,1-3H3,(H,29,30);1-2H,(H,5,6)(H,7,8)/b;2-1+. The molecule has 0 aromatic heterocycles. The van der Waals surface area contributed by atoms with E-state index in [4.69, 9.17) is 26.6 Å². The van der Waals surface area contributed by atoms with Gasteiger partial charge in [-0.15, -0.1) is 0 Å². The molecule has 1 aliphatic carbocycles. The average Bonchev–Trinajstić information content (AvgIpc) is 2.87. The summed E-state index contributed by atoms with van der Waals surface area (Å²) in [6.07, 6.45) is 2.56. The van der Waals surface area contributed by atoms with E-state index in [1.54, 1.807) is 23.1 Å². The number of hydrogen-bond acceptors (Lipinski definition) is 7. The molecule has 208 valence electrons. The number of Topliss-reactive ketones (excluding diaryl/α,β-unsaturated/α-hetero) is 1. The van der Waals surface area contributed by atoms with Crippen LogP contribution in [0, 0.1) is 5.82 Å². The van der Waals surface area contributed by atoms with Crippen molar-refractivity contribution in [3.63, 3.8) is 0 Å². The number of halogens is 2. The van der Waals surface area contributed by atoms with Crippen LogP contribution in [0.1, 0.15) is 46.9 Å². The number of aliphatic carboxylic acids is 3. The predicted octanol–water partition coefficient (Wildman–Crippen LogP) is 3.70. The van der Waals surface area contributed by atoms with Crippen molar-refractivity contribution < 1.29 is 48.7 Å². The smallest absolute Gasteiger partial charge is 0.339 e. The molecule has 1 unspecified atom stereocenters. The number of methoxy groups -OCH3 is 1. The van der Waals surface area contributed by atoms with Crippen molar-refractivity contribution in [2.45, 2.75) is 32.4 Å². The Labute approximate surface area is 228 Å². The number of carboxylic acids is 3. The minimum absolute atomic E-state index is 0.0165. The SMILES string of the molecule is COc1cc2c(cc1Cc1cccc(Cl)c1F)C(=O)C(C(=O)O)=CC2N(CO)C(C)C.O=C(O)/C=C/C(=O)O. The number of aliphatic hydroxyl groups excluding tert-OH is 1. The number of ketones is 1. The number of nitrogens with zero attached hydrogens (tertiary/aromatic N) is 1. The molecule has 12 heteroatoms. The number of aliphatic hydroxyl groups is 1. The molecule has 39 heavy (non-hydrogen) atoms. The van der Waals surface area contributed by atoms with Gasteiger partial charge in [0.25, 0.3) is 0 Å². The van der Waals surface area contributed by atoms with Gasteiger partial charge in [0.15, 0.2) is 5.78 Å². The second kappa shape index (κ2) is 13.7. The van der Waals surface area contributed by atoms with Crippen LogP contribution in [0.25, 0.3) is 0 Å². The summed E-state index contributed by atoms with van der Waals surface area (Å²) in [5.74, 6) is -4.65. The van der Waals surface area contributed by atoms with Crippen molar-refractivity contribution in [1.82, 2.24) is 4.90 Å².